The van der Waals surface area contributed by atoms with Crippen molar-refractivity contribution in [1.82, 2.24) is 4.90 Å². The van der Waals surface area contributed by atoms with Crippen LogP contribution in [0.4, 0.5) is 0 Å². The maximum Gasteiger partial charge on any atom is 0.235 e. The normalized spacial score (nSPS) is 28.0. The molecular weight excluding hydrogens is 372 g/mol. The molecule has 0 spiro atoms. The zero-order valence-electron chi connectivity index (χ0n) is 16.2. The minimum atomic E-state index is -1.13. The molecule has 30 heavy (non-hydrogen) atoms. The average Bonchev–Trinajstić information content (AvgIpc) is 3.05. The predicted molar refractivity (Wildman–Crippen MR) is 110 cm³/mol. The molecule has 3 aromatic rings. The molecule has 3 aliphatic carbocycles. The van der Waals surface area contributed by atoms with E-state index in [0.29, 0.717) is 0 Å². The van der Waals surface area contributed by atoms with Crippen LogP contribution in [0.3, 0.4) is 0 Å². The average molecular weight is 390 g/mol. The molecule has 2 amide bonds. The minimum absolute atomic E-state index is 0.164. The summed E-state index contributed by atoms with van der Waals surface area (Å²) in [6.45, 7) is 0.242. The lowest BCUT2D eigenvalue weighted by molar-refractivity contribution is -0.140. The first-order valence-electron chi connectivity index (χ1n) is 10.2. The first-order chi connectivity index (χ1) is 14.7. The summed E-state index contributed by atoms with van der Waals surface area (Å²) in [5, 5.41) is 10.6. The Kier molecular flexibility index (Phi) is 3.38. The number of hydrogen-bond acceptors (Lipinski definition) is 3. The number of carbonyl (C=O) groups excluding carboxylic acids is 2. The summed E-state index contributed by atoms with van der Waals surface area (Å²) in [6.07, 6.45) is 0. The van der Waals surface area contributed by atoms with E-state index in [-0.39, 0.29) is 24.3 Å². The zero-order chi connectivity index (χ0) is 20.5. The van der Waals surface area contributed by atoms with E-state index >= 15 is 0 Å². The van der Waals surface area contributed by atoms with E-state index in [1.165, 1.54) is 4.90 Å². The Morgan fingerprint density at radius 2 is 1.37 bits per heavy atom. The topological polar surface area (TPSA) is 61.2 Å². The lowest BCUT2D eigenvalue weighted by Gasteiger charge is -2.50. The number of likely N-dealkylation sites (tertiary alicyclic amines) is 1. The van der Waals surface area contributed by atoms with Crippen molar-refractivity contribution in [3.8, 4) is 6.07 Å². The van der Waals surface area contributed by atoms with Gasteiger partial charge in [0.1, 0.15) is 5.41 Å². The van der Waals surface area contributed by atoms with Gasteiger partial charge in [0.05, 0.1) is 24.4 Å². The Hall–Kier alpha value is -3.71. The van der Waals surface area contributed by atoms with Crippen molar-refractivity contribution in [2.75, 3.05) is 0 Å². The van der Waals surface area contributed by atoms with Gasteiger partial charge < -0.3 is 0 Å². The number of nitriles is 1. The van der Waals surface area contributed by atoms with Crippen LogP contribution in [0.1, 0.15) is 33.7 Å². The van der Waals surface area contributed by atoms with E-state index in [1.807, 2.05) is 78.9 Å². The van der Waals surface area contributed by atoms with E-state index in [0.717, 1.165) is 27.8 Å². The van der Waals surface area contributed by atoms with Crippen LogP contribution in [0.5, 0.6) is 0 Å². The van der Waals surface area contributed by atoms with Gasteiger partial charge in [0.2, 0.25) is 11.8 Å². The highest BCUT2D eigenvalue weighted by Crippen LogP contribution is 2.63. The summed E-state index contributed by atoms with van der Waals surface area (Å²) in [7, 11) is 0. The van der Waals surface area contributed by atoms with Crippen LogP contribution < -0.4 is 0 Å². The SMILES string of the molecule is N#CC12c3ccccc3C(c3ccccc31)[C@@H]1C(=O)N(Cc3ccccc3)C(=O)[C@@H]12. The van der Waals surface area contributed by atoms with Gasteiger partial charge in [0.15, 0.2) is 0 Å². The van der Waals surface area contributed by atoms with E-state index < -0.39 is 17.3 Å². The molecule has 1 heterocycles. The van der Waals surface area contributed by atoms with Crippen molar-refractivity contribution in [2.45, 2.75) is 17.9 Å². The van der Waals surface area contributed by atoms with Gasteiger partial charge >= 0.3 is 0 Å². The Morgan fingerprint density at radius 1 is 0.800 bits per heavy atom. The molecule has 1 fully saturated rings. The summed E-state index contributed by atoms with van der Waals surface area (Å²) in [6, 6.07) is 27.7. The summed E-state index contributed by atoms with van der Waals surface area (Å²) >= 11 is 0. The van der Waals surface area contributed by atoms with Crippen LogP contribution in [0.2, 0.25) is 0 Å². The molecule has 4 nitrogen and oxygen atoms in total. The molecule has 1 aliphatic heterocycles. The lowest BCUT2D eigenvalue weighted by Crippen LogP contribution is -2.52. The van der Waals surface area contributed by atoms with Crippen LogP contribution >= 0.6 is 0 Å². The van der Waals surface area contributed by atoms with Gasteiger partial charge in [-0.2, -0.15) is 5.26 Å². The van der Waals surface area contributed by atoms with Crippen LogP contribution in [-0.2, 0) is 21.5 Å². The van der Waals surface area contributed by atoms with Gasteiger partial charge in [-0.3, -0.25) is 14.5 Å². The third kappa shape index (κ3) is 1.90. The second kappa shape index (κ2) is 5.90. The van der Waals surface area contributed by atoms with Gasteiger partial charge in [0, 0.05) is 5.92 Å². The first-order valence-corrected chi connectivity index (χ1v) is 10.2. The smallest absolute Gasteiger partial charge is 0.235 e. The number of nitrogens with zero attached hydrogens (tertiary/aromatic N) is 2. The van der Waals surface area contributed by atoms with E-state index in [4.69, 9.17) is 0 Å². The molecule has 0 aromatic heterocycles. The molecule has 0 radical (unpaired) electrons. The number of imide groups is 1. The molecule has 4 aliphatic rings. The summed E-state index contributed by atoms with van der Waals surface area (Å²) in [5.74, 6) is -1.82. The molecule has 0 saturated carbocycles. The number of benzene rings is 3. The van der Waals surface area contributed by atoms with Crippen molar-refractivity contribution in [2.24, 2.45) is 11.8 Å². The molecule has 2 bridgehead atoms. The van der Waals surface area contributed by atoms with Crippen molar-refractivity contribution in [3.63, 3.8) is 0 Å². The fourth-order valence-corrected chi connectivity index (χ4v) is 5.94. The fourth-order valence-electron chi connectivity index (χ4n) is 5.94. The Morgan fingerprint density at radius 3 is 1.97 bits per heavy atom. The second-order valence-electron chi connectivity index (χ2n) is 8.32. The largest absolute Gasteiger partial charge is 0.278 e. The van der Waals surface area contributed by atoms with Gasteiger partial charge in [-0.1, -0.05) is 78.9 Å². The Labute approximate surface area is 174 Å². The molecule has 4 heteroatoms. The maximum absolute atomic E-state index is 13.7. The third-order valence-corrected chi connectivity index (χ3v) is 7.07. The zero-order valence-corrected chi connectivity index (χ0v) is 16.2. The molecule has 0 N–H and O–H groups in total. The Balaban J connectivity index is 1.58. The molecule has 2 atom stereocenters. The molecule has 1 saturated heterocycles. The number of amides is 2. The van der Waals surface area contributed by atoms with E-state index in [9.17, 15) is 14.9 Å². The van der Waals surface area contributed by atoms with Crippen molar-refractivity contribution in [1.29, 1.82) is 5.26 Å². The van der Waals surface area contributed by atoms with E-state index in [1.54, 1.807) is 0 Å². The lowest BCUT2D eigenvalue weighted by atomic mass is 9.48. The predicted octanol–water partition coefficient (Wildman–Crippen LogP) is 3.76. The highest BCUT2D eigenvalue weighted by molar-refractivity contribution is 6.08. The molecule has 7 rings (SSSR count). The van der Waals surface area contributed by atoms with Crippen LogP contribution in [0.15, 0.2) is 78.9 Å². The molecule has 144 valence electrons. The molecule has 3 aromatic carbocycles. The Bertz CT molecular complexity index is 1210. The minimum Gasteiger partial charge on any atom is -0.278 e. The van der Waals surface area contributed by atoms with Gasteiger partial charge in [0.25, 0.3) is 0 Å². The monoisotopic (exact) mass is 390 g/mol. The van der Waals surface area contributed by atoms with Gasteiger partial charge in [-0.15, -0.1) is 0 Å². The van der Waals surface area contributed by atoms with Crippen LogP contribution in [-0.4, -0.2) is 16.7 Å². The maximum atomic E-state index is 13.7. The second-order valence-corrected chi connectivity index (χ2v) is 8.32. The van der Waals surface area contributed by atoms with E-state index in [2.05, 4.69) is 6.07 Å². The molecular formula is C26H18N2O2. The number of hydrogen-bond donors (Lipinski definition) is 0. The summed E-state index contributed by atoms with van der Waals surface area (Å²) in [5.41, 5.74) is 3.53. The van der Waals surface area contributed by atoms with Crippen LogP contribution in [0, 0.1) is 23.2 Å². The first kappa shape index (κ1) is 17.2. The number of rotatable bonds is 2. The third-order valence-electron chi connectivity index (χ3n) is 7.07. The molecule has 0 unspecified atom stereocenters. The highest BCUT2D eigenvalue weighted by atomic mass is 16.2. The van der Waals surface area contributed by atoms with Crippen molar-refractivity contribution in [3.05, 3.63) is 107 Å². The van der Waals surface area contributed by atoms with Crippen molar-refractivity contribution < 1.29 is 9.59 Å². The standard InChI is InChI=1S/C26H18N2O2/c27-15-26-19-12-6-4-10-17(19)21(18-11-5-7-13-20(18)26)22-23(26)25(30)28(24(22)29)14-16-8-2-1-3-9-16/h1-13,21-23H,14H2/t21?,22-,23+,26?/m0/s1. The summed E-state index contributed by atoms with van der Waals surface area (Å²) < 4.78 is 0. The fraction of sp³-hybridized carbons (Fsp3) is 0.192. The van der Waals surface area contributed by atoms with Gasteiger partial charge in [-0.05, 0) is 27.8 Å². The summed E-state index contributed by atoms with van der Waals surface area (Å²) in [4.78, 5) is 28.7. The van der Waals surface area contributed by atoms with Gasteiger partial charge in [-0.25, -0.2) is 0 Å². The highest BCUT2D eigenvalue weighted by Gasteiger charge is 2.68. The number of carbonyl (C=O) groups is 2. The van der Waals surface area contributed by atoms with Crippen LogP contribution in [0.25, 0.3) is 0 Å². The van der Waals surface area contributed by atoms with Crippen molar-refractivity contribution >= 4 is 11.8 Å². The quantitative estimate of drug-likeness (QED) is 0.626.